The minimum atomic E-state index is -1.89. The van der Waals surface area contributed by atoms with Gasteiger partial charge in [0.25, 0.3) is 6.10 Å². The molecule has 0 spiro atoms. The SMILES string of the molecule is COC(=O)C(Oc1ccc2c(=O)c(-c3ccc(OCC(=O)OCC(=O)O)cc3)coc2c1)C(=O)O. The van der Waals surface area contributed by atoms with Crippen LogP contribution in [0.2, 0.25) is 0 Å². The van der Waals surface area contributed by atoms with E-state index in [4.69, 9.17) is 24.1 Å². The van der Waals surface area contributed by atoms with Gasteiger partial charge in [-0.2, -0.15) is 0 Å². The molecular formula is C23H18O12. The minimum Gasteiger partial charge on any atom is -0.482 e. The monoisotopic (exact) mass is 486 g/mol. The topological polar surface area (TPSA) is 176 Å². The second-order valence-electron chi connectivity index (χ2n) is 6.86. The number of rotatable bonds is 10. The van der Waals surface area contributed by atoms with Gasteiger partial charge >= 0.3 is 23.9 Å². The molecule has 0 saturated carbocycles. The summed E-state index contributed by atoms with van der Waals surface area (Å²) in [5, 5.41) is 17.8. The zero-order valence-electron chi connectivity index (χ0n) is 18.1. The van der Waals surface area contributed by atoms with Crippen molar-refractivity contribution in [3.05, 3.63) is 59.0 Å². The van der Waals surface area contributed by atoms with Crippen LogP contribution < -0.4 is 14.9 Å². The molecular weight excluding hydrogens is 468 g/mol. The Morgan fingerprint density at radius 2 is 1.66 bits per heavy atom. The van der Waals surface area contributed by atoms with Crippen molar-refractivity contribution < 1.29 is 52.8 Å². The van der Waals surface area contributed by atoms with Crippen molar-refractivity contribution in [1.29, 1.82) is 0 Å². The number of hydrogen-bond donors (Lipinski definition) is 2. The molecule has 0 bridgehead atoms. The van der Waals surface area contributed by atoms with E-state index in [2.05, 4.69) is 9.47 Å². The summed E-state index contributed by atoms with van der Waals surface area (Å²) in [7, 11) is 1.03. The molecule has 0 saturated heterocycles. The molecule has 182 valence electrons. The van der Waals surface area contributed by atoms with Crippen molar-refractivity contribution in [2.75, 3.05) is 20.3 Å². The van der Waals surface area contributed by atoms with E-state index in [1.807, 2.05) is 0 Å². The highest BCUT2D eigenvalue weighted by Gasteiger charge is 2.29. The first-order chi connectivity index (χ1) is 16.7. The number of esters is 2. The highest BCUT2D eigenvalue weighted by molar-refractivity contribution is 5.97. The standard InChI is InChI=1S/C23H18O12/c1-31-23(30)21(22(28)29)35-14-6-7-15-17(8-14)33-9-16(20(15)27)12-2-4-13(5-3-12)32-11-19(26)34-10-18(24)25/h2-9,21H,10-11H2,1H3,(H,24,25)(H,28,29). The molecule has 0 radical (unpaired) electrons. The van der Waals surface area contributed by atoms with E-state index in [0.29, 0.717) is 5.56 Å². The Morgan fingerprint density at radius 1 is 0.971 bits per heavy atom. The predicted octanol–water partition coefficient (Wildman–Crippen LogP) is 1.47. The molecule has 3 rings (SSSR count). The summed E-state index contributed by atoms with van der Waals surface area (Å²) in [6.45, 7) is -1.26. The van der Waals surface area contributed by atoms with Crippen LogP contribution in [0.4, 0.5) is 0 Å². The lowest BCUT2D eigenvalue weighted by Gasteiger charge is -2.13. The molecule has 0 amide bonds. The van der Waals surface area contributed by atoms with E-state index in [-0.39, 0.29) is 33.5 Å². The van der Waals surface area contributed by atoms with Crippen molar-refractivity contribution in [2.45, 2.75) is 6.10 Å². The zero-order valence-corrected chi connectivity index (χ0v) is 18.1. The fourth-order valence-corrected chi connectivity index (χ4v) is 2.88. The molecule has 1 heterocycles. The molecule has 35 heavy (non-hydrogen) atoms. The first-order valence-corrected chi connectivity index (χ1v) is 9.83. The molecule has 3 aromatic rings. The third-order valence-corrected chi connectivity index (χ3v) is 4.52. The van der Waals surface area contributed by atoms with Gasteiger partial charge in [0.2, 0.25) is 0 Å². The van der Waals surface area contributed by atoms with Crippen molar-refractivity contribution in [3.8, 4) is 22.6 Å². The Hall–Kier alpha value is -4.87. The van der Waals surface area contributed by atoms with Gasteiger partial charge < -0.3 is 33.6 Å². The number of carbonyl (C=O) groups is 4. The average Bonchev–Trinajstić information content (AvgIpc) is 2.84. The average molecular weight is 486 g/mol. The number of hydrogen-bond acceptors (Lipinski definition) is 10. The van der Waals surface area contributed by atoms with Crippen LogP contribution in [0.5, 0.6) is 11.5 Å². The van der Waals surface area contributed by atoms with E-state index >= 15 is 0 Å². The van der Waals surface area contributed by atoms with Crippen LogP contribution in [-0.4, -0.2) is 60.5 Å². The first-order valence-electron chi connectivity index (χ1n) is 9.83. The maximum Gasteiger partial charge on any atom is 0.359 e. The zero-order chi connectivity index (χ0) is 25.5. The summed E-state index contributed by atoms with van der Waals surface area (Å²) in [5.41, 5.74) is 0.423. The molecule has 0 aliphatic heterocycles. The van der Waals surface area contributed by atoms with E-state index in [1.165, 1.54) is 36.6 Å². The van der Waals surface area contributed by atoms with Gasteiger partial charge in [0.1, 0.15) is 23.3 Å². The van der Waals surface area contributed by atoms with Crippen molar-refractivity contribution >= 4 is 34.8 Å². The van der Waals surface area contributed by atoms with Gasteiger partial charge in [0.15, 0.2) is 18.6 Å². The molecule has 1 aromatic heterocycles. The van der Waals surface area contributed by atoms with E-state index in [1.54, 1.807) is 12.1 Å². The summed E-state index contributed by atoms with van der Waals surface area (Å²) in [6, 6.07) is 10.1. The van der Waals surface area contributed by atoms with E-state index in [9.17, 15) is 24.0 Å². The normalized spacial score (nSPS) is 11.3. The lowest BCUT2D eigenvalue weighted by Crippen LogP contribution is -2.36. The van der Waals surface area contributed by atoms with Gasteiger partial charge in [-0.1, -0.05) is 12.1 Å². The Bertz CT molecular complexity index is 1320. The third-order valence-electron chi connectivity index (χ3n) is 4.52. The second kappa shape index (κ2) is 10.8. The smallest absolute Gasteiger partial charge is 0.359 e. The van der Waals surface area contributed by atoms with E-state index < -0.39 is 43.2 Å². The van der Waals surface area contributed by atoms with Crippen LogP contribution >= 0.6 is 0 Å². The van der Waals surface area contributed by atoms with Crippen LogP contribution in [0, 0.1) is 0 Å². The number of ether oxygens (including phenoxy) is 4. The highest BCUT2D eigenvalue weighted by atomic mass is 16.6. The van der Waals surface area contributed by atoms with E-state index in [0.717, 1.165) is 7.11 Å². The highest BCUT2D eigenvalue weighted by Crippen LogP contribution is 2.25. The maximum atomic E-state index is 12.9. The lowest BCUT2D eigenvalue weighted by atomic mass is 10.1. The molecule has 0 aliphatic carbocycles. The maximum absolute atomic E-state index is 12.9. The van der Waals surface area contributed by atoms with Crippen LogP contribution in [0.3, 0.4) is 0 Å². The van der Waals surface area contributed by atoms with Gasteiger partial charge in [-0.15, -0.1) is 0 Å². The van der Waals surface area contributed by atoms with Crippen molar-refractivity contribution in [2.24, 2.45) is 0 Å². The van der Waals surface area contributed by atoms with Crippen LogP contribution in [0.1, 0.15) is 0 Å². The van der Waals surface area contributed by atoms with Crippen LogP contribution in [-0.2, 0) is 28.7 Å². The molecule has 1 unspecified atom stereocenters. The van der Waals surface area contributed by atoms with Gasteiger partial charge in [-0.25, -0.2) is 19.2 Å². The molecule has 0 fully saturated rings. The number of carboxylic acid groups (broad SMARTS) is 2. The van der Waals surface area contributed by atoms with Gasteiger partial charge in [0.05, 0.1) is 18.1 Å². The molecule has 0 aliphatic rings. The molecule has 12 heteroatoms. The molecule has 1 atom stereocenters. The summed E-state index contributed by atoms with van der Waals surface area (Å²) >= 11 is 0. The summed E-state index contributed by atoms with van der Waals surface area (Å²) in [6.07, 6.45) is -0.675. The number of aliphatic carboxylic acids is 2. The van der Waals surface area contributed by atoms with Crippen molar-refractivity contribution in [3.63, 3.8) is 0 Å². The van der Waals surface area contributed by atoms with Crippen LogP contribution in [0.15, 0.2) is 57.9 Å². The molecule has 2 aromatic carbocycles. The van der Waals surface area contributed by atoms with Gasteiger partial charge in [0, 0.05) is 6.07 Å². The number of benzene rings is 2. The molecule has 12 nitrogen and oxygen atoms in total. The fraction of sp³-hybridized carbons (Fsp3) is 0.174. The second-order valence-corrected chi connectivity index (χ2v) is 6.86. The van der Waals surface area contributed by atoms with Gasteiger partial charge in [-0.05, 0) is 29.8 Å². The van der Waals surface area contributed by atoms with Gasteiger partial charge in [-0.3, -0.25) is 4.79 Å². The third kappa shape index (κ3) is 6.13. The predicted molar refractivity (Wildman–Crippen MR) is 116 cm³/mol. The number of methoxy groups -OCH3 is 1. The number of fused-ring (bicyclic) bond motifs is 1. The fourth-order valence-electron chi connectivity index (χ4n) is 2.88. The van der Waals surface area contributed by atoms with Crippen molar-refractivity contribution in [1.82, 2.24) is 0 Å². The molecule has 2 N–H and O–H groups in total. The Morgan fingerprint density at radius 3 is 2.29 bits per heavy atom. The first kappa shape index (κ1) is 24.8. The Kier molecular flexibility index (Phi) is 7.66. The summed E-state index contributed by atoms with van der Waals surface area (Å²) in [4.78, 5) is 57.5. The quantitative estimate of drug-likeness (QED) is 0.312. The minimum absolute atomic E-state index is 0.0189. The summed E-state index contributed by atoms with van der Waals surface area (Å²) < 4.78 is 24.8. The Balaban J connectivity index is 1.76. The lowest BCUT2D eigenvalue weighted by molar-refractivity contribution is -0.161. The van der Waals surface area contributed by atoms with Crippen LogP contribution in [0.25, 0.3) is 22.1 Å². The Labute approximate surface area is 196 Å². The number of carbonyl (C=O) groups excluding carboxylic acids is 2. The number of carboxylic acids is 2. The summed E-state index contributed by atoms with van der Waals surface area (Å²) in [5.74, 6) is -4.51. The largest absolute Gasteiger partial charge is 0.482 e.